The summed E-state index contributed by atoms with van der Waals surface area (Å²) in [4.78, 5) is 15.0. The average Bonchev–Trinajstić information content (AvgIpc) is 3.00. The van der Waals surface area contributed by atoms with Crippen LogP contribution in [0.25, 0.3) is 17.2 Å². The molecule has 2 aromatic carbocycles. The molecule has 0 aliphatic heterocycles. The van der Waals surface area contributed by atoms with Crippen LogP contribution < -0.4 is 17.0 Å². The van der Waals surface area contributed by atoms with Gasteiger partial charge >= 0.3 is 0 Å². The lowest BCUT2D eigenvalue weighted by atomic mass is 10.1. The minimum atomic E-state index is -0.317. The second-order valence-corrected chi connectivity index (χ2v) is 5.66. The van der Waals surface area contributed by atoms with Crippen molar-refractivity contribution in [2.75, 3.05) is 11.5 Å². The van der Waals surface area contributed by atoms with Crippen molar-refractivity contribution in [2.24, 2.45) is 0 Å². The number of nitrogens with one attached hydrogen (secondary N) is 1. The zero-order valence-electron chi connectivity index (χ0n) is 13.2. The largest absolute Gasteiger partial charge is 0.399 e. The van der Waals surface area contributed by atoms with Crippen LogP contribution in [0.15, 0.2) is 53.3 Å². The third kappa shape index (κ3) is 2.69. The minimum Gasteiger partial charge on any atom is -0.399 e. The Labute approximate surface area is 142 Å². The van der Waals surface area contributed by atoms with E-state index in [1.165, 1.54) is 4.52 Å². The van der Waals surface area contributed by atoms with Crippen molar-refractivity contribution >= 4 is 17.2 Å². The predicted octanol–water partition coefficient (Wildman–Crippen LogP) is 1.23. The number of aromatic nitrogens is 5. The Morgan fingerprint density at radius 2 is 1.88 bits per heavy atom. The second kappa shape index (κ2) is 5.75. The number of nitrogens with zero attached hydrogens (tertiary/aromatic N) is 4. The zero-order chi connectivity index (χ0) is 17.4. The maximum Gasteiger partial charge on any atom is 0.274 e. The van der Waals surface area contributed by atoms with Crippen LogP contribution >= 0.6 is 0 Å². The van der Waals surface area contributed by atoms with Crippen LogP contribution in [0, 0.1) is 0 Å². The number of nitrogens with two attached hydrogens (primary N) is 2. The van der Waals surface area contributed by atoms with Crippen LogP contribution in [-0.2, 0) is 6.42 Å². The minimum absolute atomic E-state index is 0.271. The van der Waals surface area contributed by atoms with Gasteiger partial charge in [-0.3, -0.25) is 9.78 Å². The third-order valence-corrected chi connectivity index (χ3v) is 3.91. The second-order valence-electron chi connectivity index (χ2n) is 5.66. The number of anilines is 2. The van der Waals surface area contributed by atoms with Gasteiger partial charge in [-0.1, -0.05) is 30.3 Å². The fourth-order valence-electron chi connectivity index (χ4n) is 2.64. The van der Waals surface area contributed by atoms with E-state index in [-0.39, 0.29) is 11.3 Å². The summed E-state index contributed by atoms with van der Waals surface area (Å²) in [6.45, 7) is 0. The molecule has 4 aromatic rings. The maximum atomic E-state index is 12.3. The van der Waals surface area contributed by atoms with Gasteiger partial charge in [0.2, 0.25) is 0 Å². The molecule has 5 N–H and O–H groups in total. The van der Waals surface area contributed by atoms with Gasteiger partial charge < -0.3 is 11.5 Å². The van der Waals surface area contributed by atoms with E-state index < -0.39 is 0 Å². The summed E-state index contributed by atoms with van der Waals surface area (Å²) in [6, 6.07) is 14.6. The molecule has 8 nitrogen and oxygen atoms in total. The molecule has 8 heteroatoms. The van der Waals surface area contributed by atoms with Crippen molar-refractivity contribution in [2.45, 2.75) is 6.42 Å². The monoisotopic (exact) mass is 333 g/mol. The lowest BCUT2D eigenvalue weighted by molar-refractivity contribution is 0.829. The van der Waals surface area contributed by atoms with Crippen LogP contribution in [0.1, 0.15) is 11.3 Å². The van der Waals surface area contributed by atoms with Gasteiger partial charge in [-0.15, -0.1) is 10.2 Å². The highest BCUT2D eigenvalue weighted by Crippen LogP contribution is 2.19. The average molecular weight is 333 g/mol. The number of hydrogen-bond acceptors (Lipinski definition) is 6. The maximum absolute atomic E-state index is 12.3. The van der Waals surface area contributed by atoms with E-state index in [2.05, 4.69) is 20.3 Å². The molecule has 0 saturated heterocycles. The molecule has 0 saturated carbocycles. The van der Waals surface area contributed by atoms with E-state index in [1.807, 2.05) is 30.3 Å². The molecule has 2 heterocycles. The molecule has 0 aliphatic rings. The summed E-state index contributed by atoms with van der Waals surface area (Å²) in [5.74, 6) is 0.771. The first kappa shape index (κ1) is 14.9. The Kier molecular flexibility index (Phi) is 3.42. The molecule has 0 bridgehead atoms. The highest BCUT2D eigenvalue weighted by Gasteiger charge is 2.14. The van der Waals surface area contributed by atoms with E-state index in [9.17, 15) is 4.79 Å². The fourth-order valence-corrected chi connectivity index (χ4v) is 2.64. The third-order valence-electron chi connectivity index (χ3n) is 3.91. The Bertz CT molecular complexity index is 1130. The molecule has 0 unspecified atom stereocenters. The first-order valence-electron chi connectivity index (χ1n) is 7.66. The Balaban J connectivity index is 1.84. The quantitative estimate of drug-likeness (QED) is 0.484. The smallest absolute Gasteiger partial charge is 0.274 e. The van der Waals surface area contributed by atoms with E-state index >= 15 is 0 Å². The molecule has 0 aliphatic carbocycles. The first-order valence-corrected chi connectivity index (χ1v) is 7.66. The molecule has 0 fully saturated rings. The van der Waals surface area contributed by atoms with Crippen LogP contribution in [-0.4, -0.2) is 24.8 Å². The Hall–Kier alpha value is -3.68. The van der Waals surface area contributed by atoms with Crippen molar-refractivity contribution < 1.29 is 0 Å². The van der Waals surface area contributed by atoms with Gasteiger partial charge in [-0.2, -0.15) is 9.61 Å². The highest BCUT2D eigenvalue weighted by molar-refractivity contribution is 5.62. The van der Waals surface area contributed by atoms with Crippen LogP contribution in [0.2, 0.25) is 0 Å². The summed E-state index contributed by atoms with van der Waals surface area (Å²) in [5.41, 5.74) is 14.6. The van der Waals surface area contributed by atoms with Crippen LogP contribution in [0.4, 0.5) is 11.4 Å². The summed E-state index contributed by atoms with van der Waals surface area (Å²) in [5, 5.41) is 12.5. The topological polar surface area (TPSA) is 128 Å². The standard InChI is InChI=1S/C17H15N7O/c18-12-6-3-5-11(8-12)15-21-22-17-20-16(25)14(23-24(15)17)9-10-4-1-2-7-13(10)19/h1-8H,9,18-19H2,(H,20,22,25). The molecule has 25 heavy (non-hydrogen) atoms. The Morgan fingerprint density at radius 3 is 2.68 bits per heavy atom. The summed E-state index contributed by atoms with van der Waals surface area (Å²) in [7, 11) is 0. The van der Waals surface area contributed by atoms with Crippen molar-refractivity contribution in [3.05, 3.63) is 70.1 Å². The number of aromatic amines is 1. The number of hydrogen-bond donors (Lipinski definition) is 3. The first-order chi connectivity index (χ1) is 12.1. The normalized spacial score (nSPS) is 11.0. The molecule has 0 radical (unpaired) electrons. The van der Waals surface area contributed by atoms with E-state index in [0.717, 1.165) is 11.1 Å². The number of para-hydroxylation sites is 1. The van der Waals surface area contributed by atoms with Gasteiger partial charge in [0.05, 0.1) is 0 Å². The molecule has 0 amide bonds. The number of benzene rings is 2. The van der Waals surface area contributed by atoms with Crippen LogP contribution in [0.3, 0.4) is 0 Å². The van der Waals surface area contributed by atoms with E-state index in [4.69, 9.17) is 11.5 Å². The molecule has 2 aromatic heterocycles. The van der Waals surface area contributed by atoms with Crippen LogP contribution in [0.5, 0.6) is 0 Å². The van der Waals surface area contributed by atoms with Gasteiger partial charge in [0, 0.05) is 23.4 Å². The molecule has 124 valence electrons. The number of H-pyrrole nitrogens is 1. The van der Waals surface area contributed by atoms with Crippen molar-refractivity contribution in [1.82, 2.24) is 24.8 Å². The van der Waals surface area contributed by atoms with Crippen molar-refractivity contribution in [1.29, 1.82) is 0 Å². The molecular weight excluding hydrogens is 318 g/mol. The molecule has 4 rings (SSSR count). The molecular formula is C17H15N7O. The van der Waals surface area contributed by atoms with E-state index in [1.54, 1.807) is 18.2 Å². The number of fused-ring (bicyclic) bond motifs is 1. The summed E-state index contributed by atoms with van der Waals surface area (Å²) in [6.07, 6.45) is 0.312. The van der Waals surface area contributed by atoms with Crippen molar-refractivity contribution in [3.8, 4) is 11.4 Å². The van der Waals surface area contributed by atoms with Crippen molar-refractivity contribution in [3.63, 3.8) is 0 Å². The molecule has 0 atom stereocenters. The van der Waals surface area contributed by atoms with Gasteiger partial charge in [0.15, 0.2) is 5.82 Å². The molecule has 0 spiro atoms. The predicted molar refractivity (Wildman–Crippen MR) is 94.9 cm³/mol. The lowest BCUT2D eigenvalue weighted by Gasteiger charge is -2.05. The SMILES string of the molecule is Nc1cccc(-c2nnc3[nH]c(=O)c(Cc4ccccc4N)nn23)c1. The summed E-state index contributed by atoms with van der Waals surface area (Å²) < 4.78 is 1.50. The van der Waals surface area contributed by atoms with E-state index in [0.29, 0.717) is 29.3 Å². The number of nitrogen functional groups attached to an aromatic ring is 2. The van der Waals surface area contributed by atoms with Gasteiger partial charge in [0.1, 0.15) is 5.69 Å². The summed E-state index contributed by atoms with van der Waals surface area (Å²) >= 11 is 0. The zero-order valence-corrected chi connectivity index (χ0v) is 13.2. The number of rotatable bonds is 3. The van der Waals surface area contributed by atoms with Gasteiger partial charge in [0.25, 0.3) is 11.3 Å². The fraction of sp³-hybridized carbons (Fsp3) is 0.0588. The van der Waals surface area contributed by atoms with Gasteiger partial charge in [-0.05, 0) is 23.8 Å². The van der Waals surface area contributed by atoms with Gasteiger partial charge in [-0.25, -0.2) is 0 Å². The highest BCUT2D eigenvalue weighted by atomic mass is 16.1. The Morgan fingerprint density at radius 1 is 1.04 bits per heavy atom. The lowest BCUT2D eigenvalue weighted by Crippen LogP contribution is -2.19.